The van der Waals surface area contributed by atoms with Crippen LogP contribution in [0.1, 0.15) is 107 Å². The summed E-state index contributed by atoms with van der Waals surface area (Å²) in [5, 5.41) is 9.15. The Balaban J connectivity index is 1.58. The Bertz CT molecular complexity index is 1010. The highest BCUT2D eigenvalue weighted by Crippen LogP contribution is 2.70. The lowest BCUT2D eigenvalue weighted by atomic mass is 9.47. The predicted octanol–water partition coefficient (Wildman–Crippen LogP) is 7.89. The van der Waals surface area contributed by atoms with E-state index in [9.17, 15) is 9.59 Å². The molecule has 0 aliphatic heterocycles. The summed E-state index contributed by atoms with van der Waals surface area (Å²) in [4.78, 5) is 23.0. The quantitative estimate of drug-likeness (QED) is 0.231. The largest absolute Gasteiger partial charge is 0.478 e. The fourth-order valence-corrected chi connectivity index (χ4v) is 9.17. The molecule has 2 fully saturated rings. The number of fused-ring (bicyclic) bond motifs is 5. The predicted molar refractivity (Wildman–Crippen MR) is 144 cm³/mol. The summed E-state index contributed by atoms with van der Waals surface area (Å²) in [6.45, 7) is 17.7. The van der Waals surface area contributed by atoms with Crippen molar-refractivity contribution in [1.82, 2.24) is 0 Å². The van der Waals surface area contributed by atoms with Crippen LogP contribution in [0.3, 0.4) is 0 Å². The highest BCUT2D eigenvalue weighted by Gasteiger charge is 2.62. The SMILES string of the molecule is CC(=O)OC1CCC2(C)C3CC4C(C)=C(C(C)CCC=C(C)C(=O)O)CCC4(C)C3=CCC2C1(C)C. The molecular formula is C32H48O4. The molecule has 0 spiro atoms. The van der Waals surface area contributed by atoms with Gasteiger partial charge in [0.05, 0.1) is 0 Å². The summed E-state index contributed by atoms with van der Waals surface area (Å²) in [7, 11) is 0. The highest BCUT2D eigenvalue weighted by atomic mass is 16.5. The second-order valence-electron chi connectivity index (χ2n) is 13.5. The smallest absolute Gasteiger partial charge is 0.330 e. The van der Waals surface area contributed by atoms with E-state index >= 15 is 0 Å². The molecule has 4 aliphatic carbocycles. The van der Waals surface area contributed by atoms with Gasteiger partial charge in [0.2, 0.25) is 0 Å². The Morgan fingerprint density at radius 1 is 1.17 bits per heavy atom. The first-order valence-corrected chi connectivity index (χ1v) is 14.2. The minimum absolute atomic E-state index is 0.00944. The summed E-state index contributed by atoms with van der Waals surface area (Å²) in [6, 6.07) is 0. The summed E-state index contributed by atoms with van der Waals surface area (Å²) in [5.41, 5.74) is 5.88. The fourth-order valence-electron chi connectivity index (χ4n) is 9.17. The molecular weight excluding hydrogens is 448 g/mol. The van der Waals surface area contributed by atoms with Crippen LogP contribution < -0.4 is 0 Å². The van der Waals surface area contributed by atoms with Gasteiger partial charge in [0.25, 0.3) is 0 Å². The maximum atomic E-state index is 11.8. The number of esters is 1. The molecule has 0 aromatic carbocycles. The van der Waals surface area contributed by atoms with Gasteiger partial charge in [-0.1, -0.05) is 63.5 Å². The van der Waals surface area contributed by atoms with Gasteiger partial charge in [-0.3, -0.25) is 4.79 Å². The third-order valence-electron chi connectivity index (χ3n) is 11.3. The van der Waals surface area contributed by atoms with Crippen LogP contribution >= 0.6 is 0 Å². The van der Waals surface area contributed by atoms with E-state index in [0.717, 1.165) is 38.5 Å². The first-order chi connectivity index (χ1) is 16.7. The van der Waals surface area contributed by atoms with Crippen molar-refractivity contribution in [2.45, 2.75) is 113 Å². The van der Waals surface area contributed by atoms with Crippen molar-refractivity contribution >= 4 is 11.9 Å². The van der Waals surface area contributed by atoms with Crippen LogP contribution in [0, 0.1) is 39.9 Å². The van der Waals surface area contributed by atoms with Crippen LogP contribution in [0.4, 0.5) is 0 Å². The van der Waals surface area contributed by atoms with Crippen LogP contribution in [0.5, 0.6) is 0 Å². The molecule has 7 atom stereocenters. The average molecular weight is 497 g/mol. The number of rotatable bonds is 6. The van der Waals surface area contributed by atoms with Gasteiger partial charge in [-0.05, 0) is 99.7 Å². The van der Waals surface area contributed by atoms with Gasteiger partial charge in [-0.15, -0.1) is 0 Å². The normalized spacial score (nSPS) is 38.4. The molecule has 0 bridgehead atoms. The number of allylic oxidation sites excluding steroid dienone is 5. The van der Waals surface area contributed by atoms with E-state index in [-0.39, 0.29) is 28.3 Å². The molecule has 2 saturated carbocycles. The molecule has 1 N–H and O–H groups in total. The van der Waals surface area contributed by atoms with Crippen LogP contribution in [0.15, 0.2) is 34.4 Å². The van der Waals surface area contributed by atoms with Crippen molar-refractivity contribution in [2.24, 2.45) is 39.9 Å². The lowest BCUT2D eigenvalue weighted by Gasteiger charge is -2.58. The van der Waals surface area contributed by atoms with E-state index in [1.165, 1.54) is 12.8 Å². The third-order valence-corrected chi connectivity index (χ3v) is 11.3. The number of carboxylic acids is 1. The molecule has 0 radical (unpaired) electrons. The van der Waals surface area contributed by atoms with Gasteiger partial charge in [0.1, 0.15) is 6.10 Å². The molecule has 0 aromatic rings. The van der Waals surface area contributed by atoms with E-state index in [1.807, 2.05) is 6.08 Å². The third kappa shape index (κ3) is 4.31. The molecule has 4 rings (SSSR count). The van der Waals surface area contributed by atoms with Gasteiger partial charge in [-0.2, -0.15) is 0 Å². The fraction of sp³-hybridized carbons (Fsp3) is 0.750. The number of carbonyl (C=O) groups is 2. The number of carboxylic acid groups (broad SMARTS) is 1. The lowest BCUT2D eigenvalue weighted by molar-refractivity contribution is -0.171. The minimum atomic E-state index is -0.815. The first kappa shape index (κ1) is 27.2. The molecule has 0 saturated heterocycles. The van der Waals surface area contributed by atoms with Crippen LogP contribution in [0.2, 0.25) is 0 Å². The van der Waals surface area contributed by atoms with Crippen LogP contribution in [0.25, 0.3) is 0 Å². The summed E-state index contributed by atoms with van der Waals surface area (Å²) < 4.78 is 5.84. The van der Waals surface area contributed by atoms with Gasteiger partial charge in [-0.25, -0.2) is 4.79 Å². The van der Waals surface area contributed by atoms with E-state index < -0.39 is 5.97 Å². The monoisotopic (exact) mass is 496 g/mol. The lowest BCUT2D eigenvalue weighted by Crippen LogP contribution is -2.55. The van der Waals surface area contributed by atoms with Crippen molar-refractivity contribution in [3.05, 3.63) is 34.4 Å². The average Bonchev–Trinajstić information content (AvgIpc) is 3.10. The van der Waals surface area contributed by atoms with Crippen LogP contribution in [-0.2, 0) is 14.3 Å². The van der Waals surface area contributed by atoms with Gasteiger partial charge >= 0.3 is 11.9 Å². The summed E-state index contributed by atoms with van der Waals surface area (Å²) >= 11 is 0. The molecule has 0 amide bonds. The van der Waals surface area contributed by atoms with Crippen molar-refractivity contribution in [1.29, 1.82) is 0 Å². The zero-order valence-electron chi connectivity index (χ0n) is 23.9. The van der Waals surface area contributed by atoms with Crippen molar-refractivity contribution in [3.63, 3.8) is 0 Å². The van der Waals surface area contributed by atoms with E-state index in [0.29, 0.717) is 29.2 Å². The van der Waals surface area contributed by atoms with E-state index in [4.69, 9.17) is 9.84 Å². The van der Waals surface area contributed by atoms with Crippen molar-refractivity contribution < 1.29 is 19.4 Å². The molecule has 7 unspecified atom stereocenters. The second kappa shape index (κ2) is 9.48. The molecule has 0 aromatic heterocycles. The molecule has 36 heavy (non-hydrogen) atoms. The van der Waals surface area contributed by atoms with E-state index in [1.54, 1.807) is 30.6 Å². The maximum absolute atomic E-state index is 11.8. The Kier molecular flexibility index (Phi) is 7.16. The van der Waals surface area contributed by atoms with Gasteiger partial charge in [0, 0.05) is 17.9 Å². The molecule has 4 aliphatic rings. The Morgan fingerprint density at radius 3 is 2.50 bits per heavy atom. The number of ether oxygens (including phenoxy) is 1. The van der Waals surface area contributed by atoms with Gasteiger partial charge < -0.3 is 9.84 Å². The molecule has 200 valence electrons. The Hall–Kier alpha value is -1.84. The topological polar surface area (TPSA) is 63.6 Å². The molecule has 4 nitrogen and oxygen atoms in total. The molecule has 4 heteroatoms. The minimum Gasteiger partial charge on any atom is -0.478 e. The second-order valence-corrected chi connectivity index (χ2v) is 13.5. The maximum Gasteiger partial charge on any atom is 0.330 e. The van der Waals surface area contributed by atoms with Crippen molar-refractivity contribution in [2.75, 3.05) is 0 Å². The zero-order chi connectivity index (χ0) is 26.6. The van der Waals surface area contributed by atoms with E-state index in [2.05, 4.69) is 47.6 Å². The highest BCUT2D eigenvalue weighted by molar-refractivity contribution is 5.85. The molecule has 0 heterocycles. The zero-order valence-corrected chi connectivity index (χ0v) is 23.9. The Labute approximate surface area is 218 Å². The van der Waals surface area contributed by atoms with Gasteiger partial charge in [0.15, 0.2) is 0 Å². The summed E-state index contributed by atoms with van der Waals surface area (Å²) in [6.07, 6.45) is 13.1. The standard InChI is InChI=1S/C32H48O4/c1-19(10-9-11-20(2)29(34)35)23-14-16-31(7)24-12-13-27-30(5,6)28(36-22(4)33)15-17-32(27,8)26(24)18-25(31)21(23)3/h11-12,19,25-28H,9-10,13-18H2,1-8H3,(H,34,35). The number of hydrogen-bond donors (Lipinski definition) is 1. The van der Waals surface area contributed by atoms with Crippen molar-refractivity contribution in [3.8, 4) is 0 Å². The first-order valence-electron chi connectivity index (χ1n) is 14.2. The Morgan fingerprint density at radius 2 is 1.86 bits per heavy atom. The number of aliphatic carboxylic acids is 1. The summed E-state index contributed by atoms with van der Waals surface area (Å²) in [5.74, 6) is 1.25. The number of carbonyl (C=O) groups excluding carboxylic acids is 1. The van der Waals surface area contributed by atoms with Crippen LogP contribution in [-0.4, -0.2) is 23.1 Å². The number of hydrogen-bond acceptors (Lipinski definition) is 3.